The van der Waals surface area contributed by atoms with Crippen LogP contribution in [0.2, 0.25) is 0 Å². The molecule has 1 heteroatoms. The summed E-state index contributed by atoms with van der Waals surface area (Å²) in [7, 11) is 0. The first kappa shape index (κ1) is 11.0. The third-order valence-corrected chi connectivity index (χ3v) is 4.28. The fraction of sp³-hybridized carbons (Fsp3) is 0.222. The predicted octanol–water partition coefficient (Wildman–Crippen LogP) is 3.84. The maximum Gasteiger partial charge on any atom is 0.0584 e. The summed E-state index contributed by atoms with van der Waals surface area (Å²) in [5.41, 5.74) is 2.76. The smallest absolute Gasteiger partial charge is 0.0584 e. The van der Waals surface area contributed by atoms with Crippen molar-refractivity contribution in [1.29, 1.82) is 0 Å². The van der Waals surface area contributed by atoms with Crippen molar-refractivity contribution in [2.24, 2.45) is 0 Å². The monoisotopic (exact) mass is 248 g/mol. The minimum atomic E-state index is -0.176. The van der Waals surface area contributed by atoms with E-state index in [2.05, 4.69) is 48.5 Å². The van der Waals surface area contributed by atoms with Crippen molar-refractivity contribution in [3.63, 3.8) is 0 Å². The van der Waals surface area contributed by atoms with E-state index >= 15 is 0 Å². The maximum absolute atomic E-state index is 9.93. The number of aliphatic hydroxyl groups excluding tert-OH is 1. The molecule has 0 bridgehead atoms. The average molecular weight is 248 g/mol. The normalized spacial score (nSPS) is 18.7. The topological polar surface area (TPSA) is 20.2 Å². The third-order valence-electron chi connectivity index (χ3n) is 4.28. The van der Waals surface area contributed by atoms with Crippen LogP contribution in [-0.4, -0.2) is 11.2 Å². The molecule has 0 heterocycles. The summed E-state index contributed by atoms with van der Waals surface area (Å²) in [4.78, 5) is 0. The third kappa shape index (κ3) is 1.73. The molecule has 1 unspecified atom stereocenters. The summed E-state index contributed by atoms with van der Waals surface area (Å²) >= 11 is 0. The highest BCUT2D eigenvalue weighted by Gasteiger charge is 2.18. The number of hydrogen-bond donors (Lipinski definition) is 1. The van der Waals surface area contributed by atoms with Crippen molar-refractivity contribution in [1.82, 2.24) is 0 Å². The van der Waals surface area contributed by atoms with Crippen molar-refractivity contribution >= 4 is 21.5 Å². The maximum atomic E-state index is 9.93. The lowest BCUT2D eigenvalue weighted by molar-refractivity contribution is 0.159. The van der Waals surface area contributed by atoms with Gasteiger partial charge in [0.2, 0.25) is 0 Å². The second-order valence-corrected chi connectivity index (χ2v) is 5.52. The fourth-order valence-corrected chi connectivity index (χ4v) is 3.26. The van der Waals surface area contributed by atoms with Crippen LogP contribution in [0.3, 0.4) is 0 Å². The Morgan fingerprint density at radius 1 is 0.895 bits per heavy atom. The van der Waals surface area contributed by atoms with E-state index in [9.17, 15) is 5.11 Å². The van der Waals surface area contributed by atoms with Gasteiger partial charge in [0, 0.05) is 0 Å². The van der Waals surface area contributed by atoms with Crippen LogP contribution in [0.5, 0.6) is 0 Å². The molecule has 0 aromatic heterocycles. The summed E-state index contributed by atoms with van der Waals surface area (Å²) < 4.78 is 0. The Balaban J connectivity index is 2.07. The first-order valence-electron chi connectivity index (χ1n) is 6.92. The number of rotatable bonds is 0. The van der Waals surface area contributed by atoms with E-state index in [0.717, 1.165) is 19.3 Å². The molecule has 1 nitrogen and oxygen atoms in total. The first-order chi connectivity index (χ1) is 9.31. The highest BCUT2D eigenvalue weighted by Crippen LogP contribution is 2.31. The Hall–Kier alpha value is -1.86. The van der Waals surface area contributed by atoms with E-state index in [0.29, 0.717) is 0 Å². The van der Waals surface area contributed by atoms with Crippen LogP contribution in [0.15, 0.2) is 48.5 Å². The summed E-state index contributed by atoms with van der Waals surface area (Å²) in [5.74, 6) is 0. The van der Waals surface area contributed by atoms with Crippen molar-refractivity contribution < 1.29 is 5.11 Å². The van der Waals surface area contributed by atoms with Gasteiger partial charge in [-0.1, -0.05) is 36.4 Å². The number of aryl methyl sites for hydroxylation is 1. The molecule has 0 radical (unpaired) electrons. The van der Waals surface area contributed by atoms with Gasteiger partial charge < -0.3 is 5.11 Å². The van der Waals surface area contributed by atoms with Gasteiger partial charge in [0.05, 0.1) is 6.10 Å². The fourth-order valence-electron chi connectivity index (χ4n) is 3.26. The molecular formula is C18H16O. The standard InChI is InChI=1S/C18H16O/c19-16-8-7-12-5-6-15-9-13-3-1-2-4-14(13)10-17(15)18(12)11-16/h1-6,9-10,16,19H,7-8,11H2. The molecule has 3 aromatic rings. The van der Waals surface area contributed by atoms with Crippen LogP contribution in [0.4, 0.5) is 0 Å². The first-order valence-corrected chi connectivity index (χ1v) is 6.92. The molecule has 1 atom stereocenters. The van der Waals surface area contributed by atoms with Gasteiger partial charge in [-0.25, -0.2) is 0 Å². The lowest BCUT2D eigenvalue weighted by atomic mass is 9.85. The van der Waals surface area contributed by atoms with Crippen molar-refractivity contribution in [3.8, 4) is 0 Å². The van der Waals surface area contributed by atoms with Gasteiger partial charge >= 0.3 is 0 Å². The average Bonchev–Trinajstić information content (AvgIpc) is 2.45. The molecule has 1 N–H and O–H groups in total. The van der Waals surface area contributed by atoms with Crippen LogP contribution >= 0.6 is 0 Å². The summed E-state index contributed by atoms with van der Waals surface area (Å²) in [6, 6.07) is 17.5. The van der Waals surface area contributed by atoms with Gasteiger partial charge in [-0.05, 0) is 64.1 Å². The molecular weight excluding hydrogens is 232 g/mol. The molecule has 1 aliphatic rings. The molecule has 19 heavy (non-hydrogen) atoms. The van der Waals surface area contributed by atoms with E-state index < -0.39 is 0 Å². The molecule has 1 aliphatic carbocycles. The van der Waals surface area contributed by atoms with Crippen LogP contribution in [-0.2, 0) is 12.8 Å². The predicted molar refractivity (Wildman–Crippen MR) is 79.5 cm³/mol. The van der Waals surface area contributed by atoms with E-state index in [-0.39, 0.29) is 6.10 Å². The van der Waals surface area contributed by atoms with E-state index in [1.807, 2.05) is 0 Å². The van der Waals surface area contributed by atoms with Gasteiger partial charge in [-0.2, -0.15) is 0 Å². The van der Waals surface area contributed by atoms with Gasteiger partial charge in [-0.3, -0.25) is 0 Å². The minimum Gasteiger partial charge on any atom is -0.393 e. The Bertz CT molecular complexity index is 773. The zero-order valence-corrected chi connectivity index (χ0v) is 10.8. The quantitative estimate of drug-likeness (QED) is 0.599. The lowest BCUT2D eigenvalue weighted by Gasteiger charge is -2.22. The number of fused-ring (bicyclic) bond motifs is 4. The zero-order chi connectivity index (χ0) is 12.8. The Morgan fingerprint density at radius 3 is 2.53 bits per heavy atom. The molecule has 0 amide bonds. The van der Waals surface area contributed by atoms with E-state index in [4.69, 9.17) is 0 Å². The van der Waals surface area contributed by atoms with Crippen molar-refractivity contribution in [2.75, 3.05) is 0 Å². The SMILES string of the molecule is OC1CCc2ccc3cc4ccccc4cc3c2C1. The summed E-state index contributed by atoms with van der Waals surface area (Å²) in [6.45, 7) is 0. The molecule has 94 valence electrons. The Kier molecular flexibility index (Phi) is 2.36. The molecule has 0 saturated heterocycles. The largest absolute Gasteiger partial charge is 0.393 e. The highest BCUT2D eigenvalue weighted by molar-refractivity contribution is 6.00. The molecule has 3 aromatic carbocycles. The van der Waals surface area contributed by atoms with E-state index in [1.165, 1.54) is 32.7 Å². The van der Waals surface area contributed by atoms with Gasteiger partial charge in [0.15, 0.2) is 0 Å². The summed E-state index contributed by atoms with van der Waals surface area (Å²) in [6.07, 6.45) is 2.51. The Morgan fingerprint density at radius 2 is 1.68 bits per heavy atom. The number of aliphatic hydroxyl groups is 1. The number of benzene rings is 3. The van der Waals surface area contributed by atoms with Gasteiger partial charge in [0.1, 0.15) is 0 Å². The second-order valence-electron chi connectivity index (χ2n) is 5.52. The minimum absolute atomic E-state index is 0.176. The van der Waals surface area contributed by atoms with Crippen LogP contribution in [0, 0.1) is 0 Å². The van der Waals surface area contributed by atoms with Crippen molar-refractivity contribution in [3.05, 3.63) is 59.7 Å². The van der Waals surface area contributed by atoms with Crippen LogP contribution in [0.25, 0.3) is 21.5 Å². The van der Waals surface area contributed by atoms with Gasteiger partial charge in [-0.15, -0.1) is 0 Å². The molecule has 0 saturated carbocycles. The van der Waals surface area contributed by atoms with Gasteiger partial charge in [0.25, 0.3) is 0 Å². The summed E-state index contributed by atoms with van der Waals surface area (Å²) in [5, 5.41) is 15.1. The molecule has 0 fully saturated rings. The van der Waals surface area contributed by atoms with Crippen molar-refractivity contribution in [2.45, 2.75) is 25.4 Å². The highest BCUT2D eigenvalue weighted by atomic mass is 16.3. The van der Waals surface area contributed by atoms with Crippen LogP contribution in [0.1, 0.15) is 17.5 Å². The van der Waals surface area contributed by atoms with E-state index in [1.54, 1.807) is 0 Å². The second kappa shape index (κ2) is 4.07. The molecule has 4 rings (SSSR count). The zero-order valence-electron chi connectivity index (χ0n) is 10.8. The molecule has 0 spiro atoms. The molecule has 0 aliphatic heterocycles. The Labute approximate surface area is 112 Å². The lowest BCUT2D eigenvalue weighted by Crippen LogP contribution is -2.18. The van der Waals surface area contributed by atoms with Crippen LogP contribution < -0.4 is 0 Å². The number of hydrogen-bond acceptors (Lipinski definition) is 1.